The second kappa shape index (κ2) is 5.52. The molecule has 0 aromatic carbocycles. The zero-order valence-electron chi connectivity index (χ0n) is 10.5. The fourth-order valence-electron chi connectivity index (χ4n) is 1.86. The van der Waals surface area contributed by atoms with E-state index in [0.717, 1.165) is 0 Å². The van der Waals surface area contributed by atoms with Crippen LogP contribution in [0.4, 0.5) is 5.82 Å². The first kappa shape index (κ1) is 13.7. The Labute approximate surface area is 111 Å². The van der Waals surface area contributed by atoms with Crippen LogP contribution in [0.1, 0.15) is 23.3 Å². The van der Waals surface area contributed by atoms with Gasteiger partial charge in [0.15, 0.2) is 5.69 Å². The quantitative estimate of drug-likeness (QED) is 0.795. The molecule has 0 unspecified atom stereocenters. The second-order valence-corrected chi connectivity index (χ2v) is 6.65. The second-order valence-electron chi connectivity index (χ2n) is 4.35. The summed E-state index contributed by atoms with van der Waals surface area (Å²) >= 11 is 0. The van der Waals surface area contributed by atoms with Gasteiger partial charge in [0.1, 0.15) is 15.7 Å². The molecule has 0 amide bonds. The number of hydrogen-bond donors (Lipinski definition) is 1. The van der Waals surface area contributed by atoms with E-state index in [2.05, 4.69) is 20.0 Å². The number of hydrogen-bond acceptors (Lipinski definition) is 7. The van der Waals surface area contributed by atoms with E-state index < -0.39 is 15.8 Å². The molecule has 19 heavy (non-hydrogen) atoms. The van der Waals surface area contributed by atoms with Crippen LogP contribution in [0.3, 0.4) is 0 Å². The Morgan fingerprint density at radius 1 is 1.32 bits per heavy atom. The van der Waals surface area contributed by atoms with Crippen LogP contribution in [-0.2, 0) is 14.6 Å². The van der Waals surface area contributed by atoms with Gasteiger partial charge in [-0.25, -0.2) is 23.2 Å². The highest BCUT2D eigenvalue weighted by molar-refractivity contribution is 7.91. The maximum atomic E-state index is 11.3. The number of nitrogens with zero attached hydrogens (tertiary/aromatic N) is 2. The molecule has 1 aliphatic rings. The van der Waals surface area contributed by atoms with E-state index in [0.29, 0.717) is 18.7 Å². The van der Waals surface area contributed by atoms with Crippen molar-refractivity contribution < 1.29 is 17.9 Å². The molecule has 0 aliphatic carbocycles. The summed E-state index contributed by atoms with van der Waals surface area (Å²) in [5, 5.41) is 3.11. The highest BCUT2D eigenvalue weighted by Crippen LogP contribution is 2.16. The molecule has 2 rings (SSSR count). The first-order valence-corrected chi connectivity index (χ1v) is 7.69. The number of nitrogens with one attached hydrogen (secondary N) is 1. The lowest BCUT2D eigenvalue weighted by molar-refractivity contribution is 0.0593. The summed E-state index contributed by atoms with van der Waals surface area (Å²) in [5.41, 5.74) is 0.138. The van der Waals surface area contributed by atoms with Crippen LogP contribution >= 0.6 is 0 Å². The maximum Gasteiger partial charge on any atom is 0.358 e. The van der Waals surface area contributed by atoms with Crippen LogP contribution in [0.5, 0.6) is 0 Å². The molecule has 1 aromatic rings. The monoisotopic (exact) mass is 285 g/mol. The van der Waals surface area contributed by atoms with Crippen molar-refractivity contribution in [1.29, 1.82) is 0 Å². The number of sulfone groups is 1. The molecule has 1 fully saturated rings. The van der Waals surface area contributed by atoms with Gasteiger partial charge in [-0.05, 0) is 12.8 Å². The lowest BCUT2D eigenvalue weighted by Crippen LogP contribution is -2.32. The predicted octanol–water partition coefficient (Wildman–Crippen LogP) is 0.252. The third-order valence-electron chi connectivity index (χ3n) is 2.95. The molecule has 0 atom stereocenters. The van der Waals surface area contributed by atoms with Gasteiger partial charge < -0.3 is 10.1 Å². The Bertz CT molecular complexity index is 542. The van der Waals surface area contributed by atoms with Gasteiger partial charge in [-0.2, -0.15) is 0 Å². The van der Waals surface area contributed by atoms with Crippen molar-refractivity contribution in [1.82, 2.24) is 9.97 Å². The average Bonchev–Trinajstić information content (AvgIpc) is 2.41. The van der Waals surface area contributed by atoms with Gasteiger partial charge in [0, 0.05) is 6.04 Å². The molecule has 7 nitrogen and oxygen atoms in total. The van der Waals surface area contributed by atoms with Crippen LogP contribution in [-0.4, -0.2) is 49.0 Å². The van der Waals surface area contributed by atoms with Gasteiger partial charge >= 0.3 is 5.97 Å². The van der Waals surface area contributed by atoms with Gasteiger partial charge in [-0.1, -0.05) is 0 Å². The number of ether oxygens (including phenoxy) is 1. The first-order valence-electron chi connectivity index (χ1n) is 5.87. The van der Waals surface area contributed by atoms with Crippen LogP contribution in [0.15, 0.2) is 12.4 Å². The largest absolute Gasteiger partial charge is 0.464 e. The smallest absolute Gasteiger partial charge is 0.358 e. The van der Waals surface area contributed by atoms with E-state index in [9.17, 15) is 13.2 Å². The van der Waals surface area contributed by atoms with Gasteiger partial charge in [-0.3, -0.25) is 0 Å². The Hall–Kier alpha value is -1.70. The molecular weight excluding hydrogens is 270 g/mol. The Morgan fingerprint density at radius 3 is 2.53 bits per heavy atom. The van der Waals surface area contributed by atoms with Crippen molar-refractivity contribution in [2.45, 2.75) is 18.9 Å². The molecule has 104 valence electrons. The van der Waals surface area contributed by atoms with Crippen molar-refractivity contribution in [3.8, 4) is 0 Å². The summed E-state index contributed by atoms with van der Waals surface area (Å²) in [6.45, 7) is 0. The Balaban J connectivity index is 1.95. The van der Waals surface area contributed by atoms with Crippen LogP contribution in [0.2, 0.25) is 0 Å². The van der Waals surface area contributed by atoms with Gasteiger partial charge in [0.25, 0.3) is 0 Å². The SMILES string of the molecule is COC(=O)c1cnc(NC2CCS(=O)(=O)CC2)cn1. The van der Waals surface area contributed by atoms with Crippen molar-refractivity contribution in [3.05, 3.63) is 18.1 Å². The number of carbonyl (C=O) groups is 1. The van der Waals surface area contributed by atoms with E-state index in [1.807, 2.05) is 0 Å². The van der Waals surface area contributed by atoms with Crippen LogP contribution < -0.4 is 5.32 Å². The van der Waals surface area contributed by atoms with Gasteiger partial charge in [0.05, 0.1) is 31.0 Å². The van der Waals surface area contributed by atoms with Crippen LogP contribution in [0, 0.1) is 0 Å². The minimum atomic E-state index is -2.87. The van der Waals surface area contributed by atoms with Crippen molar-refractivity contribution in [2.24, 2.45) is 0 Å². The predicted molar refractivity (Wildman–Crippen MR) is 68.7 cm³/mol. The lowest BCUT2D eigenvalue weighted by atomic mass is 10.1. The highest BCUT2D eigenvalue weighted by Gasteiger charge is 2.23. The molecular formula is C11H15N3O4S. The first-order chi connectivity index (χ1) is 9.00. The minimum absolute atomic E-state index is 0.0711. The fourth-order valence-corrected chi connectivity index (χ4v) is 3.35. The molecule has 0 radical (unpaired) electrons. The topological polar surface area (TPSA) is 98.2 Å². The summed E-state index contributed by atoms with van der Waals surface area (Å²) in [5.74, 6) is 0.371. The summed E-state index contributed by atoms with van der Waals surface area (Å²) in [6, 6.07) is 0.0711. The number of carbonyl (C=O) groups excluding carboxylic acids is 1. The molecule has 2 heterocycles. The summed E-state index contributed by atoms with van der Waals surface area (Å²) < 4.78 is 27.1. The molecule has 0 saturated carbocycles. The summed E-state index contributed by atoms with van der Waals surface area (Å²) in [4.78, 5) is 19.2. The minimum Gasteiger partial charge on any atom is -0.464 e. The maximum absolute atomic E-state index is 11.3. The summed E-state index contributed by atoms with van der Waals surface area (Å²) in [7, 11) is -1.59. The van der Waals surface area contributed by atoms with Crippen LogP contribution in [0.25, 0.3) is 0 Å². The van der Waals surface area contributed by atoms with Crippen molar-refractivity contribution in [3.63, 3.8) is 0 Å². The zero-order valence-corrected chi connectivity index (χ0v) is 11.3. The third kappa shape index (κ3) is 3.63. The molecule has 0 bridgehead atoms. The van der Waals surface area contributed by atoms with Gasteiger partial charge in [0.2, 0.25) is 0 Å². The van der Waals surface area contributed by atoms with Crippen molar-refractivity contribution >= 4 is 21.6 Å². The van der Waals surface area contributed by atoms with E-state index in [4.69, 9.17) is 0 Å². The highest BCUT2D eigenvalue weighted by atomic mass is 32.2. The van der Waals surface area contributed by atoms with Gasteiger partial charge in [-0.15, -0.1) is 0 Å². The number of rotatable bonds is 3. The van der Waals surface area contributed by atoms with Crippen molar-refractivity contribution in [2.75, 3.05) is 23.9 Å². The average molecular weight is 285 g/mol. The van der Waals surface area contributed by atoms with E-state index >= 15 is 0 Å². The Kier molecular flexibility index (Phi) is 3.98. The number of methoxy groups -OCH3 is 1. The molecule has 1 aromatic heterocycles. The fraction of sp³-hybridized carbons (Fsp3) is 0.545. The lowest BCUT2D eigenvalue weighted by Gasteiger charge is -2.23. The van der Waals surface area contributed by atoms with E-state index in [1.54, 1.807) is 0 Å². The van der Waals surface area contributed by atoms with E-state index in [1.165, 1.54) is 19.5 Å². The molecule has 0 spiro atoms. The number of esters is 1. The standard InChI is InChI=1S/C11H15N3O4S/c1-18-11(15)9-6-13-10(7-12-9)14-8-2-4-19(16,17)5-3-8/h6-8H,2-5H2,1H3,(H,13,14). The number of aromatic nitrogens is 2. The third-order valence-corrected chi connectivity index (χ3v) is 4.67. The normalized spacial score (nSPS) is 18.8. The molecule has 1 N–H and O–H groups in total. The molecule has 1 saturated heterocycles. The summed E-state index contributed by atoms with van der Waals surface area (Å²) in [6.07, 6.45) is 3.88. The Morgan fingerprint density at radius 2 is 2.00 bits per heavy atom. The zero-order chi connectivity index (χ0) is 13.9. The molecule has 1 aliphatic heterocycles. The number of anilines is 1. The molecule has 8 heteroatoms. The van der Waals surface area contributed by atoms with E-state index in [-0.39, 0.29) is 23.2 Å².